The van der Waals surface area contributed by atoms with Gasteiger partial charge in [0, 0.05) is 18.4 Å². The van der Waals surface area contributed by atoms with E-state index in [2.05, 4.69) is 5.32 Å². The Morgan fingerprint density at radius 1 is 1.41 bits per heavy atom. The second-order valence-electron chi connectivity index (χ2n) is 3.70. The number of amides is 1. The maximum atomic E-state index is 11.7. The van der Waals surface area contributed by atoms with Crippen molar-refractivity contribution in [1.82, 2.24) is 5.32 Å². The van der Waals surface area contributed by atoms with E-state index in [4.69, 9.17) is 5.73 Å². The highest BCUT2D eigenvalue weighted by atomic mass is 32.2. The highest BCUT2D eigenvalue weighted by molar-refractivity contribution is 7.90. The lowest BCUT2D eigenvalue weighted by atomic mass is 10.2. The van der Waals surface area contributed by atoms with Gasteiger partial charge in [-0.15, -0.1) is 0 Å². The molecule has 0 saturated carbocycles. The third kappa shape index (κ3) is 4.16. The number of hydrogen-bond donors (Lipinski definition) is 2. The lowest BCUT2D eigenvalue weighted by Crippen LogP contribution is -2.26. The summed E-state index contributed by atoms with van der Waals surface area (Å²) in [4.78, 5) is 11.8. The first-order valence-corrected chi connectivity index (χ1v) is 7.12. The molecule has 0 radical (unpaired) electrons. The molecule has 0 unspecified atom stereocenters. The van der Waals surface area contributed by atoms with Gasteiger partial charge in [-0.2, -0.15) is 0 Å². The van der Waals surface area contributed by atoms with E-state index in [-0.39, 0.29) is 10.8 Å². The van der Waals surface area contributed by atoms with E-state index < -0.39 is 9.84 Å². The van der Waals surface area contributed by atoms with E-state index in [0.29, 0.717) is 25.1 Å². The summed E-state index contributed by atoms with van der Waals surface area (Å²) in [6.45, 7) is 0.988. The average Bonchev–Trinajstić information content (AvgIpc) is 2.28. The van der Waals surface area contributed by atoms with Crippen molar-refractivity contribution in [3.8, 4) is 0 Å². The van der Waals surface area contributed by atoms with Crippen LogP contribution >= 0.6 is 0 Å². The summed E-state index contributed by atoms with van der Waals surface area (Å²) in [6, 6.07) is 5.96. The summed E-state index contributed by atoms with van der Waals surface area (Å²) >= 11 is 0. The molecule has 1 amide bonds. The maximum absolute atomic E-state index is 11.7. The second-order valence-corrected chi connectivity index (χ2v) is 5.71. The predicted octanol–water partition coefficient (Wildman–Crippen LogP) is 0.169. The van der Waals surface area contributed by atoms with Crippen molar-refractivity contribution in [3.05, 3.63) is 29.8 Å². The third-order valence-electron chi connectivity index (χ3n) is 2.19. The van der Waals surface area contributed by atoms with Crippen LogP contribution in [0.3, 0.4) is 0 Å². The largest absolute Gasteiger partial charge is 0.352 e. The summed E-state index contributed by atoms with van der Waals surface area (Å²) in [5.74, 6) is -0.288. The normalized spacial score (nSPS) is 11.2. The van der Waals surface area contributed by atoms with Gasteiger partial charge >= 0.3 is 0 Å². The molecule has 0 bridgehead atoms. The van der Waals surface area contributed by atoms with Gasteiger partial charge in [-0.3, -0.25) is 4.79 Å². The fourth-order valence-electron chi connectivity index (χ4n) is 1.27. The predicted molar refractivity (Wildman–Crippen MR) is 65.6 cm³/mol. The lowest BCUT2D eigenvalue weighted by molar-refractivity contribution is 0.0953. The van der Waals surface area contributed by atoms with Crippen LogP contribution in [0.1, 0.15) is 16.8 Å². The molecule has 6 heteroatoms. The van der Waals surface area contributed by atoms with E-state index in [1.54, 1.807) is 12.1 Å². The Labute approximate surface area is 101 Å². The number of nitrogens with one attached hydrogen (secondary N) is 1. The Balaban J connectivity index is 2.82. The van der Waals surface area contributed by atoms with Crippen LogP contribution in [0.25, 0.3) is 0 Å². The molecule has 0 atom stereocenters. The number of rotatable bonds is 5. The molecule has 0 aliphatic rings. The van der Waals surface area contributed by atoms with Gasteiger partial charge in [0.15, 0.2) is 9.84 Å². The van der Waals surface area contributed by atoms with Gasteiger partial charge < -0.3 is 11.1 Å². The number of hydrogen-bond acceptors (Lipinski definition) is 4. The van der Waals surface area contributed by atoms with Gasteiger partial charge in [-0.25, -0.2) is 8.42 Å². The Hall–Kier alpha value is -1.40. The quantitative estimate of drug-likeness (QED) is 0.735. The van der Waals surface area contributed by atoms with E-state index in [1.165, 1.54) is 12.1 Å². The highest BCUT2D eigenvalue weighted by Gasteiger charge is 2.10. The maximum Gasteiger partial charge on any atom is 0.251 e. The van der Waals surface area contributed by atoms with Crippen LogP contribution in [0.5, 0.6) is 0 Å². The molecular formula is C11H16N2O3S. The first kappa shape index (κ1) is 13.7. The molecule has 94 valence electrons. The molecule has 0 spiro atoms. The van der Waals surface area contributed by atoms with Crippen LogP contribution in [0, 0.1) is 0 Å². The zero-order valence-electron chi connectivity index (χ0n) is 9.64. The molecule has 0 saturated heterocycles. The molecule has 0 heterocycles. The first-order valence-electron chi connectivity index (χ1n) is 5.23. The summed E-state index contributed by atoms with van der Waals surface area (Å²) in [5, 5.41) is 2.66. The first-order chi connectivity index (χ1) is 7.95. The number of benzene rings is 1. The molecule has 17 heavy (non-hydrogen) atoms. The molecule has 0 aliphatic heterocycles. The molecule has 1 rings (SSSR count). The highest BCUT2D eigenvalue weighted by Crippen LogP contribution is 2.11. The van der Waals surface area contributed by atoms with Crippen molar-refractivity contribution < 1.29 is 13.2 Å². The standard InChI is InChI=1S/C11H16N2O3S/c1-17(15,16)10-5-2-4-9(8-10)11(14)13-7-3-6-12/h2,4-5,8H,3,6-7,12H2,1H3,(H,13,14). The molecule has 1 aromatic rings. The topological polar surface area (TPSA) is 89.3 Å². The van der Waals surface area contributed by atoms with Crippen molar-refractivity contribution in [1.29, 1.82) is 0 Å². The van der Waals surface area contributed by atoms with E-state index in [0.717, 1.165) is 6.26 Å². The smallest absolute Gasteiger partial charge is 0.251 e. The van der Waals surface area contributed by atoms with Crippen LogP contribution in [0.4, 0.5) is 0 Å². The van der Waals surface area contributed by atoms with Crippen molar-refractivity contribution in [2.24, 2.45) is 5.73 Å². The summed E-state index contributed by atoms with van der Waals surface area (Å²) in [5.41, 5.74) is 5.64. The zero-order valence-corrected chi connectivity index (χ0v) is 10.5. The van der Waals surface area contributed by atoms with Gasteiger partial charge in [0.05, 0.1) is 4.90 Å². The Bertz CT molecular complexity index is 497. The van der Waals surface area contributed by atoms with E-state index >= 15 is 0 Å². The monoisotopic (exact) mass is 256 g/mol. The number of carbonyl (C=O) groups excluding carboxylic acids is 1. The van der Waals surface area contributed by atoms with Gasteiger partial charge in [0.25, 0.3) is 5.91 Å². The van der Waals surface area contributed by atoms with Gasteiger partial charge in [0.1, 0.15) is 0 Å². The molecular weight excluding hydrogens is 240 g/mol. The molecule has 3 N–H and O–H groups in total. The van der Waals surface area contributed by atoms with Crippen LogP contribution in [-0.4, -0.2) is 33.7 Å². The fourth-order valence-corrected chi connectivity index (χ4v) is 1.94. The van der Waals surface area contributed by atoms with Crippen molar-refractivity contribution in [3.63, 3.8) is 0 Å². The molecule has 0 aromatic heterocycles. The molecule has 0 fully saturated rings. The van der Waals surface area contributed by atoms with Crippen LogP contribution < -0.4 is 11.1 Å². The molecule has 0 aliphatic carbocycles. The third-order valence-corrected chi connectivity index (χ3v) is 3.30. The minimum atomic E-state index is -3.28. The Morgan fingerprint density at radius 2 is 2.12 bits per heavy atom. The van der Waals surface area contributed by atoms with Crippen molar-refractivity contribution in [2.45, 2.75) is 11.3 Å². The minimum Gasteiger partial charge on any atom is -0.352 e. The number of carbonyl (C=O) groups is 1. The zero-order chi connectivity index (χ0) is 12.9. The summed E-state index contributed by atoms with van der Waals surface area (Å²) < 4.78 is 22.6. The van der Waals surface area contributed by atoms with Gasteiger partial charge in [-0.05, 0) is 31.2 Å². The molecule has 5 nitrogen and oxygen atoms in total. The van der Waals surface area contributed by atoms with Gasteiger partial charge in [0.2, 0.25) is 0 Å². The lowest BCUT2D eigenvalue weighted by Gasteiger charge is -2.05. The van der Waals surface area contributed by atoms with Crippen LogP contribution in [0.2, 0.25) is 0 Å². The summed E-state index contributed by atoms with van der Waals surface area (Å²) in [6.07, 6.45) is 1.80. The fraction of sp³-hybridized carbons (Fsp3) is 0.364. The molecule has 1 aromatic carbocycles. The van der Waals surface area contributed by atoms with Crippen LogP contribution in [-0.2, 0) is 9.84 Å². The average molecular weight is 256 g/mol. The van der Waals surface area contributed by atoms with Crippen molar-refractivity contribution >= 4 is 15.7 Å². The van der Waals surface area contributed by atoms with Gasteiger partial charge in [-0.1, -0.05) is 6.07 Å². The minimum absolute atomic E-state index is 0.143. The van der Waals surface area contributed by atoms with Crippen molar-refractivity contribution in [2.75, 3.05) is 19.3 Å². The SMILES string of the molecule is CS(=O)(=O)c1cccc(C(=O)NCCCN)c1. The second kappa shape index (κ2) is 5.79. The number of nitrogens with two attached hydrogens (primary N) is 1. The Kier molecular flexibility index (Phi) is 4.65. The number of sulfone groups is 1. The van der Waals surface area contributed by atoms with E-state index in [1.807, 2.05) is 0 Å². The Morgan fingerprint density at radius 3 is 2.71 bits per heavy atom. The van der Waals surface area contributed by atoms with E-state index in [9.17, 15) is 13.2 Å². The van der Waals surface area contributed by atoms with Crippen LogP contribution in [0.15, 0.2) is 29.2 Å². The summed E-state index contributed by atoms with van der Waals surface area (Å²) in [7, 11) is -3.28.